The maximum Gasteiger partial charge on any atom is 0.337 e. The first-order chi connectivity index (χ1) is 9.38. The quantitative estimate of drug-likeness (QED) is 0.758. The van der Waals surface area contributed by atoms with Crippen molar-refractivity contribution in [2.45, 2.75) is 18.8 Å². The summed E-state index contributed by atoms with van der Waals surface area (Å²) in [5, 5.41) is 0. The Labute approximate surface area is 119 Å². The summed E-state index contributed by atoms with van der Waals surface area (Å²) >= 11 is 0. The standard InChI is InChI=1S/C13H19NO5S/c1-10(18-2)8-14-20(16,17)9-11-5-4-6-12(7-11)13(15)19-3/h4-7,10,14H,8-9H2,1-3H3. The first-order valence-corrected chi connectivity index (χ1v) is 7.70. The number of carbonyl (C=O) groups is 1. The zero-order chi connectivity index (χ0) is 15.2. The van der Waals surface area contributed by atoms with Crippen LogP contribution in [-0.4, -0.2) is 41.3 Å². The van der Waals surface area contributed by atoms with Gasteiger partial charge in [-0.3, -0.25) is 0 Å². The van der Waals surface area contributed by atoms with Crippen LogP contribution < -0.4 is 4.72 Å². The molecule has 1 atom stereocenters. The van der Waals surface area contributed by atoms with Crippen LogP contribution in [0.1, 0.15) is 22.8 Å². The molecular formula is C13H19NO5S. The molecule has 0 saturated carbocycles. The monoisotopic (exact) mass is 301 g/mol. The third-order valence-corrected chi connectivity index (χ3v) is 4.02. The van der Waals surface area contributed by atoms with E-state index in [0.29, 0.717) is 11.1 Å². The van der Waals surface area contributed by atoms with E-state index >= 15 is 0 Å². The van der Waals surface area contributed by atoms with E-state index in [4.69, 9.17) is 4.74 Å². The number of esters is 1. The minimum absolute atomic E-state index is 0.200. The van der Waals surface area contributed by atoms with Crippen molar-refractivity contribution in [1.29, 1.82) is 0 Å². The summed E-state index contributed by atoms with van der Waals surface area (Å²) in [5.74, 6) is -0.695. The summed E-state index contributed by atoms with van der Waals surface area (Å²) in [5.41, 5.74) is 0.843. The molecule has 1 rings (SSSR count). The molecular weight excluding hydrogens is 282 g/mol. The molecule has 112 valence electrons. The fraction of sp³-hybridized carbons (Fsp3) is 0.462. The molecule has 0 aliphatic rings. The van der Waals surface area contributed by atoms with E-state index in [1.54, 1.807) is 25.1 Å². The van der Waals surface area contributed by atoms with Crippen LogP contribution >= 0.6 is 0 Å². The lowest BCUT2D eigenvalue weighted by molar-refractivity contribution is 0.0600. The number of rotatable bonds is 7. The maximum absolute atomic E-state index is 11.9. The molecule has 0 fully saturated rings. The van der Waals surface area contributed by atoms with E-state index in [2.05, 4.69) is 9.46 Å². The first-order valence-electron chi connectivity index (χ1n) is 6.05. The fourth-order valence-electron chi connectivity index (χ4n) is 1.50. The van der Waals surface area contributed by atoms with Crippen LogP contribution in [0, 0.1) is 0 Å². The van der Waals surface area contributed by atoms with Crippen LogP contribution in [0.25, 0.3) is 0 Å². The second-order valence-corrected chi connectivity index (χ2v) is 6.15. The minimum atomic E-state index is -3.47. The van der Waals surface area contributed by atoms with Crippen molar-refractivity contribution >= 4 is 16.0 Å². The number of ether oxygens (including phenoxy) is 2. The summed E-state index contributed by atoms with van der Waals surface area (Å²) in [6, 6.07) is 6.34. The van der Waals surface area contributed by atoms with Crippen molar-refractivity contribution in [2.24, 2.45) is 0 Å². The Kier molecular flexibility index (Phi) is 6.12. The molecule has 1 unspecified atom stereocenters. The fourth-order valence-corrected chi connectivity index (χ4v) is 2.71. The molecule has 6 nitrogen and oxygen atoms in total. The molecule has 1 aromatic rings. The highest BCUT2D eigenvalue weighted by Gasteiger charge is 2.14. The van der Waals surface area contributed by atoms with E-state index in [1.807, 2.05) is 0 Å². The van der Waals surface area contributed by atoms with Crippen LogP contribution in [0.5, 0.6) is 0 Å². The molecule has 0 aromatic heterocycles. The van der Waals surface area contributed by atoms with Gasteiger partial charge in [-0.1, -0.05) is 12.1 Å². The number of sulfonamides is 1. The lowest BCUT2D eigenvalue weighted by Gasteiger charge is -2.11. The number of carbonyl (C=O) groups excluding carboxylic acids is 1. The van der Waals surface area contributed by atoms with Gasteiger partial charge in [-0.05, 0) is 24.6 Å². The second kappa shape index (κ2) is 7.37. The van der Waals surface area contributed by atoms with Gasteiger partial charge in [0.05, 0.1) is 24.5 Å². The normalized spacial score (nSPS) is 12.9. The van der Waals surface area contributed by atoms with E-state index in [9.17, 15) is 13.2 Å². The lowest BCUT2D eigenvalue weighted by atomic mass is 10.1. The Morgan fingerprint density at radius 3 is 2.65 bits per heavy atom. The number of methoxy groups -OCH3 is 2. The Hall–Kier alpha value is -1.44. The van der Waals surface area contributed by atoms with E-state index < -0.39 is 16.0 Å². The largest absolute Gasteiger partial charge is 0.465 e. The molecule has 0 amide bonds. The molecule has 0 spiro atoms. The molecule has 20 heavy (non-hydrogen) atoms. The smallest absolute Gasteiger partial charge is 0.337 e. The van der Waals surface area contributed by atoms with Crippen molar-refractivity contribution in [3.63, 3.8) is 0 Å². The topological polar surface area (TPSA) is 81.7 Å². The van der Waals surface area contributed by atoms with Gasteiger partial charge in [0.25, 0.3) is 0 Å². The third-order valence-electron chi connectivity index (χ3n) is 2.70. The molecule has 0 radical (unpaired) electrons. The van der Waals surface area contributed by atoms with Crippen molar-refractivity contribution in [1.82, 2.24) is 4.72 Å². The molecule has 0 heterocycles. The van der Waals surface area contributed by atoms with Gasteiger partial charge in [0.2, 0.25) is 10.0 Å². The Bertz CT molecular complexity index is 556. The highest BCUT2D eigenvalue weighted by molar-refractivity contribution is 7.88. The van der Waals surface area contributed by atoms with Crippen molar-refractivity contribution in [2.75, 3.05) is 20.8 Å². The van der Waals surface area contributed by atoms with Crippen molar-refractivity contribution in [3.8, 4) is 0 Å². The highest BCUT2D eigenvalue weighted by atomic mass is 32.2. The SMILES string of the molecule is COC(=O)c1cccc(CS(=O)(=O)NCC(C)OC)c1. The number of benzene rings is 1. The molecule has 1 aromatic carbocycles. The van der Waals surface area contributed by atoms with Gasteiger partial charge in [-0.25, -0.2) is 17.9 Å². The van der Waals surface area contributed by atoms with Crippen LogP contribution in [0.4, 0.5) is 0 Å². The van der Waals surface area contributed by atoms with Gasteiger partial charge in [0.15, 0.2) is 0 Å². The number of nitrogens with one attached hydrogen (secondary N) is 1. The summed E-state index contributed by atoms with van der Waals surface area (Å²) in [6.07, 6.45) is -0.203. The van der Waals surface area contributed by atoms with Gasteiger partial charge in [-0.15, -0.1) is 0 Å². The lowest BCUT2D eigenvalue weighted by Crippen LogP contribution is -2.32. The predicted molar refractivity (Wildman–Crippen MR) is 74.9 cm³/mol. The van der Waals surface area contributed by atoms with E-state index in [1.165, 1.54) is 20.3 Å². The maximum atomic E-state index is 11.9. The van der Waals surface area contributed by atoms with E-state index in [-0.39, 0.29) is 18.4 Å². The highest BCUT2D eigenvalue weighted by Crippen LogP contribution is 2.09. The van der Waals surface area contributed by atoms with Crippen LogP contribution in [0.3, 0.4) is 0 Å². The molecule has 7 heteroatoms. The summed E-state index contributed by atoms with van der Waals surface area (Å²) in [4.78, 5) is 11.4. The van der Waals surface area contributed by atoms with Gasteiger partial charge >= 0.3 is 5.97 Å². The van der Waals surface area contributed by atoms with E-state index in [0.717, 1.165) is 0 Å². The third kappa shape index (κ3) is 5.28. The van der Waals surface area contributed by atoms with Gasteiger partial charge in [-0.2, -0.15) is 0 Å². The first kappa shape index (κ1) is 16.6. The molecule has 0 saturated heterocycles. The summed E-state index contributed by atoms with van der Waals surface area (Å²) in [6.45, 7) is 1.97. The summed E-state index contributed by atoms with van der Waals surface area (Å²) < 4.78 is 35.8. The number of hydrogen-bond acceptors (Lipinski definition) is 5. The van der Waals surface area contributed by atoms with Gasteiger partial charge in [0.1, 0.15) is 0 Å². The average molecular weight is 301 g/mol. The summed E-state index contributed by atoms with van der Waals surface area (Å²) in [7, 11) is -0.681. The molecule has 0 bridgehead atoms. The Morgan fingerprint density at radius 2 is 2.05 bits per heavy atom. The Morgan fingerprint density at radius 1 is 1.35 bits per heavy atom. The average Bonchev–Trinajstić information content (AvgIpc) is 2.43. The Balaban J connectivity index is 2.74. The predicted octanol–water partition coefficient (Wildman–Crippen LogP) is 0.927. The zero-order valence-corrected chi connectivity index (χ0v) is 12.6. The molecule has 0 aliphatic heterocycles. The van der Waals surface area contributed by atoms with Crippen molar-refractivity contribution in [3.05, 3.63) is 35.4 Å². The van der Waals surface area contributed by atoms with Gasteiger partial charge < -0.3 is 9.47 Å². The van der Waals surface area contributed by atoms with Crippen LogP contribution in [0.2, 0.25) is 0 Å². The van der Waals surface area contributed by atoms with Crippen LogP contribution in [0.15, 0.2) is 24.3 Å². The molecule has 1 N–H and O–H groups in total. The molecule has 0 aliphatic carbocycles. The van der Waals surface area contributed by atoms with Gasteiger partial charge in [0, 0.05) is 13.7 Å². The van der Waals surface area contributed by atoms with Crippen LogP contribution in [-0.2, 0) is 25.2 Å². The van der Waals surface area contributed by atoms with Crippen molar-refractivity contribution < 1.29 is 22.7 Å². The minimum Gasteiger partial charge on any atom is -0.465 e. The number of hydrogen-bond donors (Lipinski definition) is 1. The second-order valence-electron chi connectivity index (χ2n) is 4.35. The zero-order valence-electron chi connectivity index (χ0n) is 11.8.